The maximum Gasteiger partial charge on any atom is 0.410 e. The minimum absolute atomic E-state index is 0.277. The van der Waals surface area contributed by atoms with E-state index in [4.69, 9.17) is 19.6 Å². The number of amides is 1. The highest BCUT2D eigenvalue weighted by molar-refractivity contribution is 6.70. The van der Waals surface area contributed by atoms with Gasteiger partial charge in [0.2, 0.25) is 8.32 Å². The van der Waals surface area contributed by atoms with Crippen molar-refractivity contribution in [1.82, 2.24) is 0 Å². The van der Waals surface area contributed by atoms with E-state index in [1.165, 1.54) is 7.11 Å². The molecule has 1 aromatic carbocycles. The Bertz CT molecular complexity index is 414. The summed E-state index contributed by atoms with van der Waals surface area (Å²) in [7, 11) is -0.312. The Morgan fingerprint density at radius 1 is 1.24 bits per heavy atom. The maximum atomic E-state index is 10.8. The fourth-order valence-corrected chi connectivity index (χ4v) is 2.07. The van der Waals surface area contributed by atoms with Gasteiger partial charge in [-0.05, 0) is 31.8 Å². The molecule has 17 heavy (non-hydrogen) atoms. The number of hydrogen-bond donors (Lipinski definition) is 1. The van der Waals surface area contributed by atoms with E-state index in [0.717, 1.165) is 0 Å². The summed E-state index contributed by atoms with van der Waals surface area (Å²) in [6, 6.07) is 5.06. The fraction of sp³-hybridized carbons (Fsp3) is 0.364. The number of benzene rings is 1. The van der Waals surface area contributed by atoms with E-state index in [1.807, 2.05) is 19.6 Å². The van der Waals surface area contributed by atoms with Crippen LogP contribution in [0.1, 0.15) is 0 Å². The highest BCUT2D eigenvalue weighted by atomic mass is 28.4. The Balaban J connectivity index is 3.15. The second-order valence-corrected chi connectivity index (χ2v) is 8.85. The van der Waals surface area contributed by atoms with Crippen LogP contribution in [0.3, 0.4) is 0 Å². The first-order valence-corrected chi connectivity index (χ1v) is 8.57. The van der Waals surface area contributed by atoms with Gasteiger partial charge in [-0.2, -0.15) is 0 Å². The van der Waals surface area contributed by atoms with E-state index < -0.39 is 14.4 Å². The van der Waals surface area contributed by atoms with Crippen molar-refractivity contribution in [3.63, 3.8) is 0 Å². The summed E-state index contributed by atoms with van der Waals surface area (Å²) in [6.45, 7) is 6.06. The van der Waals surface area contributed by atoms with Crippen LogP contribution in [0, 0.1) is 0 Å². The monoisotopic (exact) mass is 255 g/mol. The van der Waals surface area contributed by atoms with Gasteiger partial charge in [0.1, 0.15) is 0 Å². The molecule has 0 aliphatic carbocycles. The molecule has 0 aliphatic heterocycles. The number of ether oxygens (including phenoxy) is 2. The Labute approximate surface area is 102 Å². The summed E-state index contributed by atoms with van der Waals surface area (Å²) < 4.78 is 15.9. The first-order valence-electron chi connectivity index (χ1n) is 5.17. The third kappa shape index (κ3) is 3.99. The molecule has 0 unspecified atom stereocenters. The topological polar surface area (TPSA) is 70.8 Å². The fourth-order valence-electron chi connectivity index (χ4n) is 1.25. The normalized spacial score (nSPS) is 10.8. The summed E-state index contributed by atoms with van der Waals surface area (Å²) in [4.78, 5) is 10.8. The molecule has 1 aromatic rings. The van der Waals surface area contributed by atoms with Crippen LogP contribution in [0.4, 0.5) is 4.79 Å². The summed E-state index contributed by atoms with van der Waals surface area (Å²) in [5, 5.41) is 0. The molecule has 0 saturated carbocycles. The molecule has 94 valence electrons. The van der Waals surface area contributed by atoms with Gasteiger partial charge in [-0.3, -0.25) is 0 Å². The van der Waals surface area contributed by atoms with Crippen molar-refractivity contribution in [1.29, 1.82) is 0 Å². The largest absolute Gasteiger partial charge is 0.539 e. The highest BCUT2D eigenvalue weighted by Gasteiger charge is 2.22. The van der Waals surface area contributed by atoms with Gasteiger partial charge in [-0.1, -0.05) is 6.07 Å². The Kier molecular flexibility index (Phi) is 4.00. The molecule has 1 rings (SSSR count). The first kappa shape index (κ1) is 13.4. The molecule has 1 amide bonds. The summed E-state index contributed by atoms with van der Waals surface area (Å²) in [5.41, 5.74) is 5.00. The minimum Gasteiger partial charge on any atom is -0.539 e. The van der Waals surface area contributed by atoms with Gasteiger partial charge in [0, 0.05) is 0 Å². The smallest absolute Gasteiger partial charge is 0.410 e. The molecular weight excluding hydrogens is 238 g/mol. The lowest BCUT2D eigenvalue weighted by Crippen LogP contribution is -2.30. The van der Waals surface area contributed by atoms with Crippen LogP contribution in [0.5, 0.6) is 17.2 Å². The third-order valence-corrected chi connectivity index (χ3v) is 2.60. The second kappa shape index (κ2) is 5.09. The molecule has 0 radical (unpaired) electrons. The molecule has 0 fully saturated rings. The maximum absolute atomic E-state index is 10.8. The van der Waals surface area contributed by atoms with E-state index in [-0.39, 0.29) is 5.75 Å². The summed E-state index contributed by atoms with van der Waals surface area (Å²) in [5.74, 6) is 1.22. The average molecular weight is 255 g/mol. The van der Waals surface area contributed by atoms with Gasteiger partial charge in [0.15, 0.2) is 17.2 Å². The zero-order valence-corrected chi connectivity index (χ0v) is 11.4. The molecule has 6 heteroatoms. The number of carbonyl (C=O) groups is 1. The van der Waals surface area contributed by atoms with Crippen LogP contribution < -0.4 is 19.6 Å². The van der Waals surface area contributed by atoms with Gasteiger partial charge >= 0.3 is 6.09 Å². The van der Waals surface area contributed by atoms with Crippen molar-refractivity contribution in [2.24, 2.45) is 5.73 Å². The highest BCUT2D eigenvalue weighted by Crippen LogP contribution is 2.38. The molecule has 0 saturated heterocycles. The molecule has 0 heterocycles. The lowest BCUT2D eigenvalue weighted by atomic mass is 10.3. The zero-order chi connectivity index (χ0) is 13.1. The van der Waals surface area contributed by atoms with Crippen molar-refractivity contribution in [2.45, 2.75) is 19.6 Å². The van der Waals surface area contributed by atoms with Crippen LogP contribution >= 0.6 is 0 Å². The summed E-state index contributed by atoms with van der Waals surface area (Å²) >= 11 is 0. The van der Waals surface area contributed by atoms with Gasteiger partial charge in [0.25, 0.3) is 0 Å². The number of nitrogens with two attached hydrogens (primary N) is 1. The van der Waals surface area contributed by atoms with E-state index in [2.05, 4.69) is 0 Å². The predicted octanol–water partition coefficient (Wildman–Crippen LogP) is 2.37. The summed E-state index contributed by atoms with van der Waals surface area (Å²) in [6.07, 6.45) is -0.876. The van der Waals surface area contributed by atoms with Gasteiger partial charge in [-0.15, -0.1) is 0 Å². The van der Waals surface area contributed by atoms with E-state index in [1.54, 1.807) is 18.2 Å². The van der Waals surface area contributed by atoms with Crippen LogP contribution in [0.2, 0.25) is 19.6 Å². The molecule has 0 bridgehead atoms. The van der Waals surface area contributed by atoms with Crippen LogP contribution in [0.15, 0.2) is 18.2 Å². The first-order chi connectivity index (χ1) is 7.83. The number of para-hydroxylation sites is 1. The van der Waals surface area contributed by atoms with E-state index >= 15 is 0 Å². The van der Waals surface area contributed by atoms with Gasteiger partial charge < -0.3 is 19.6 Å². The standard InChI is InChI=1S/C11H17NO4Si/c1-14-8-6-5-7-9(15-11(12)13)10(8)16-17(2,3)4/h5-7H,1-4H3,(H2,12,13). The second-order valence-electron chi connectivity index (χ2n) is 4.42. The quantitative estimate of drug-likeness (QED) is 0.838. The Morgan fingerprint density at radius 2 is 1.82 bits per heavy atom. The Hall–Kier alpha value is -1.69. The zero-order valence-electron chi connectivity index (χ0n) is 10.4. The lowest BCUT2D eigenvalue weighted by Gasteiger charge is -2.22. The third-order valence-electron chi connectivity index (χ3n) is 1.78. The SMILES string of the molecule is COc1cccc(OC(N)=O)c1O[Si](C)(C)C. The number of rotatable bonds is 4. The molecular formula is C11H17NO4Si. The van der Waals surface area contributed by atoms with E-state index in [9.17, 15) is 4.79 Å². The number of carbonyl (C=O) groups excluding carboxylic acids is 1. The Morgan fingerprint density at radius 3 is 2.29 bits per heavy atom. The molecule has 0 atom stereocenters. The van der Waals surface area contributed by atoms with Crippen LogP contribution in [0.25, 0.3) is 0 Å². The van der Waals surface area contributed by atoms with Crippen LogP contribution in [-0.2, 0) is 0 Å². The predicted molar refractivity (Wildman–Crippen MR) is 67.2 cm³/mol. The van der Waals surface area contributed by atoms with Crippen molar-refractivity contribution < 1.29 is 18.7 Å². The molecule has 5 nitrogen and oxygen atoms in total. The molecule has 0 spiro atoms. The molecule has 0 aromatic heterocycles. The van der Waals surface area contributed by atoms with Crippen molar-refractivity contribution >= 4 is 14.4 Å². The molecule has 0 aliphatic rings. The van der Waals surface area contributed by atoms with Gasteiger partial charge in [-0.25, -0.2) is 4.79 Å². The lowest BCUT2D eigenvalue weighted by molar-refractivity contribution is 0.209. The van der Waals surface area contributed by atoms with Crippen LogP contribution in [-0.4, -0.2) is 21.5 Å². The van der Waals surface area contributed by atoms with E-state index in [0.29, 0.717) is 11.5 Å². The van der Waals surface area contributed by atoms with Gasteiger partial charge in [0.05, 0.1) is 7.11 Å². The van der Waals surface area contributed by atoms with Crippen molar-refractivity contribution in [3.05, 3.63) is 18.2 Å². The van der Waals surface area contributed by atoms with Crippen molar-refractivity contribution in [2.75, 3.05) is 7.11 Å². The number of hydrogen-bond acceptors (Lipinski definition) is 4. The molecule has 2 N–H and O–H groups in total. The number of primary amides is 1. The average Bonchev–Trinajstić information content (AvgIpc) is 2.17. The number of methoxy groups -OCH3 is 1. The minimum atomic E-state index is -1.84. The van der Waals surface area contributed by atoms with Crippen molar-refractivity contribution in [3.8, 4) is 17.2 Å².